The number of esters is 1. The number of carbonyl (C=O) groups is 1. The van der Waals surface area contributed by atoms with Crippen molar-refractivity contribution in [2.75, 3.05) is 7.11 Å². The monoisotopic (exact) mass is 213 g/mol. The first-order valence-corrected chi connectivity index (χ1v) is 5.45. The molecule has 0 aliphatic carbocycles. The van der Waals surface area contributed by atoms with Crippen LogP contribution in [0.1, 0.15) is 25.5 Å². The molecule has 1 aromatic heterocycles. The highest BCUT2D eigenvalue weighted by Gasteiger charge is 2.21. The van der Waals surface area contributed by atoms with Gasteiger partial charge in [0.05, 0.1) is 7.11 Å². The molecule has 0 saturated heterocycles. The Bertz CT molecular complexity index is 282. The summed E-state index contributed by atoms with van der Waals surface area (Å²) in [6.45, 7) is 4.00. The van der Waals surface area contributed by atoms with Gasteiger partial charge in [-0.3, -0.25) is 5.32 Å². The lowest BCUT2D eigenvalue weighted by Gasteiger charge is -2.17. The van der Waals surface area contributed by atoms with E-state index in [2.05, 4.69) is 5.32 Å². The molecule has 78 valence electrons. The van der Waals surface area contributed by atoms with E-state index in [1.165, 1.54) is 7.11 Å². The second-order valence-corrected chi connectivity index (χ2v) is 4.11. The van der Waals surface area contributed by atoms with E-state index in [-0.39, 0.29) is 18.1 Å². The lowest BCUT2D eigenvalue weighted by Crippen LogP contribution is -2.34. The van der Waals surface area contributed by atoms with Crippen molar-refractivity contribution in [3.05, 3.63) is 22.4 Å². The third-order valence-corrected chi connectivity index (χ3v) is 2.51. The molecule has 0 bridgehead atoms. The molecule has 0 radical (unpaired) electrons. The molecule has 1 aromatic rings. The number of nitrogens with one attached hydrogen (secondary N) is 1. The minimum Gasteiger partial charge on any atom is -0.468 e. The van der Waals surface area contributed by atoms with Gasteiger partial charge in [-0.05, 0) is 36.2 Å². The molecule has 4 heteroatoms. The van der Waals surface area contributed by atoms with Gasteiger partial charge in [0.1, 0.15) is 6.04 Å². The zero-order chi connectivity index (χ0) is 10.6. The van der Waals surface area contributed by atoms with Crippen molar-refractivity contribution in [1.29, 1.82) is 0 Å². The number of hydrogen-bond acceptors (Lipinski definition) is 4. The Morgan fingerprint density at radius 1 is 1.57 bits per heavy atom. The van der Waals surface area contributed by atoms with Crippen LogP contribution in [0.25, 0.3) is 0 Å². The SMILES string of the molecule is COC(=O)C(NC(C)C)c1ccsc1. The normalized spacial score (nSPS) is 12.9. The highest BCUT2D eigenvalue weighted by atomic mass is 32.1. The highest BCUT2D eigenvalue weighted by molar-refractivity contribution is 7.08. The van der Waals surface area contributed by atoms with Gasteiger partial charge < -0.3 is 4.74 Å². The van der Waals surface area contributed by atoms with Gasteiger partial charge in [-0.15, -0.1) is 0 Å². The molecule has 3 nitrogen and oxygen atoms in total. The molecule has 0 amide bonds. The molecular weight excluding hydrogens is 198 g/mol. The number of rotatable bonds is 4. The predicted molar refractivity (Wildman–Crippen MR) is 57.3 cm³/mol. The van der Waals surface area contributed by atoms with Crippen LogP contribution in [0.5, 0.6) is 0 Å². The Kier molecular flexibility index (Phi) is 4.10. The van der Waals surface area contributed by atoms with Crippen LogP contribution in [0.4, 0.5) is 0 Å². The lowest BCUT2D eigenvalue weighted by molar-refractivity contribution is -0.143. The molecule has 0 saturated carbocycles. The molecule has 0 fully saturated rings. The summed E-state index contributed by atoms with van der Waals surface area (Å²) in [5.41, 5.74) is 0.968. The predicted octanol–water partition coefficient (Wildman–Crippen LogP) is 1.96. The number of carbonyl (C=O) groups excluding carboxylic acids is 1. The van der Waals surface area contributed by atoms with Crippen LogP contribution in [-0.2, 0) is 9.53 Å². The number of thiophene rings is 1. The Balaban J connectivity index is 2.77. The van der Waals surface area contributed by atoms with Crippen molar-refractivity contribution < 1.29 is 9.53 Å². The summed E-state index contributed by atoms with van der Waals surface area (Å²) in [4.78, 5) is 11.5. The summed E-state index contributed by atoms with van der Waals surface area (Å²) in [7, 11) is 1.41. The molecule has 0 spiro atoms. The summed E-state index contributed by atoms with van der Waals surface area (Å²) >= 11 is 1.58. The third-order valence-electron chi connectivity index (χ3n) is 1.81. The smallest absolute Gasteiger partial charge is 0.327 e. The van der Waals surface area contributed by atoms with E-state index >= 15 is 0 Å². The molecule has 1 heterocycles. The first-order valence-electron chi connectivity index (χ1n) is 4.51. The first-order chi connectivity index (χ1) is 6.65. The largest absolute Gasteiger partial charge is 0.468 e. The molecule has 1 rings (SSSR count). The highest BCUT2D eigenvalue weighted by Crippen LogP contribution is 2.18. The van der Waals surface area contributed by atoms with Gasteiger partial charge in [-0.1, -0.05) is 0 Å². The van der Waals surface area contributed by atoms with Crippen molar-refractivity contribution >= 4 is 17.3 Å². The van der Waals surface area contributed by atoms with Crippen LogP contribution in [-0.4, -0.2) is 19.1 Å². The van der Waals surface area contributed by atoms with Crippen molar-refractivity contribution in [3.63, 3.8) is 0 Å². The molecule has 0 aliphatic rings. The van der Waals surface area contributed by atoms with Gasteiger partial charge >= 0.3 is 5.97 Å². The maximum Gasteiger partial charge on any atom is 0.327 e. The summed E-state index contributed by atoms with van der Waals surface area (Å²) in [5, 5.41) is 7.07. The quantitative estimate of drug-likeness (QED) is 0.777. The van der Waals surface area contributed by atoms with E-state index in [1.54, 1.807) is 11.3 Å². The topological polar surface area (TPSA) is 38.3 Å². The van der Waals surface area contributed by atoms with Crippen molar-refractivity contribution in [3.8, 4) is 0 Å². The fourth-order valence-corrected chi connectivity index (χ4v) is 1.88. The minimum atomic E-state index is -0.341. The van der Waals surface area contributed by atoms with E-state index < -0.39 is 0 Å². The van der Waals surface area contributed by atoms with E-state index in [4.69, 9.17) is 4.74 Å². The number of hydrogen-bond donors (Lipinski definition) is 1. The Labute approximate surface area is 88.1 Å². The minimum absolute atomic E-state index is 0.239. The van der Waals surface area contributed by atoms with Crippen LogP contribution in [0, 0.1) is 0 Å². The fourth-order valence-electron chi connectivity index (χ4n) is 1.19. The van der Waals surface area contributed by atoms with E-state index in [1.807, 2.05) is 30.7 Å². The van der Waals surface area contributed by atoms with Crippen LogP contribution in [0.2, 0.25) is 0 Å². The average molecular weight is 213 g/mol. The van der Waals surface area contributed by atoms with Gasteiger partial charge in [0.2, 0.25) is 0 Å². The molecule has 1 atom stereocenters. The zero-order valence-corrected chi connectivity index (χ0v) is 9.43. The molecule has 14 heavy (non-hydrogen) atoms. The zero-order valence-electron chi connectivity index (χ0n) is 8.61. The van der Waals surface area contributed by atoms with Crippen LogP contribution in [0.3, 0.4) is 0 Å². The van der Waals surface area contributed by atoms with Gasteiger partial charge in [-0.25, -0.2) is 4.79 Å². The number of methoxy groups -OCH3 is 1. The second-order valence-electron chi connectivity index (χ2n) is 3.33. The molecule has 0 aromatic carbocycles. The van der Waals surface area contributed by atoms with Gasteiger partial charge in [-0.2, -0.15) is 11.3 Å². The molecule has 1 unspecified atom stereocenters. The van der Waals surface area contributed by atoms with E-state index in [9.17, 15) is 4.79 Å². The Morgan fingerprint density at radius 2 is 2.29 bits per heavy atom. The van der Waals surface area contributed by atoms with Gasteiger partial charge in [0.25, 0.3) is 0 Å². The summed E-state index contributed by atoms with van der Waals surface area (Å²) < 4.78 is 4.74. The Hall–Kier alpha value is -0.870. The van der Waals surface area contributed by atoms with Crippen molar-refractivity contribution in [2.24, 2.45) is 0 Å². The average Bonchev–Trinajstić information content (AvgIpc) is 2.65. The summed E-state index contributed by atoms with van der Waals surface area (Å²) in [5.74, 6) is -0.239. The molecule has 0 aliphatic heterocycles. The lowest BCUT2D eigenvalue weighted by atomic mass is 10.1. The van der Waals surface area contributed by atoms with Gasteiger partial charge in [0.15, 0.2) is 0 Å². The fraction of sp³-hybridized carbons (Fsp3) is 0.500. The third kappa shape index (κ3) is 2.82. The first kappa shape index (κ1) is 11.2. The van der Waals surface area contributed by atoms with Crippen LogP contribution < -0.4 is 5.32 Å². The van der Waals surface area contributed by atoms with Gasteiger partial charge in [0, 0.05) is 6.04 Å². The van der Waals surface area contributed by atoms with Crippen molar-refractivity contribution in [2.45, 2.75) is 25.9 Å². The van der Waals surface area contributed by atoms with Crippen LogP contribution in [0.15, 0.2) is 16.8 Å². The van der Waals surface area contributed by atoms with Crippen LogP contribution >= 0.6 is 11.3 Å². The maximum absolute atomic E-state index is 11.5. The number of ether oxygens (including phenoxy) is 1. The Morgan fingerprint density at radius 3 is 2.71 bits per heavy atom. The summed E-state index contributed by atoms with van der Waals surface area (Å²) in [6, 6.07) is 1.84. The summed E-state index contributed by atoms with van der Waals surface area (Å²) in [6.07, 6.45) is 0. The van der Waals surface area contributed by atoms with E-state index in [0.717, 1.165) is 5.56 Å². The molecular formula is C10H15NO2S. The standard InChI is InChI=1S/C10H15NO2S/c1-7(2)11-9(10(12)13-3)8-4-5-14-6-8/h4-7,9,11H,1-3H3. The van der Waals surface area contributed by atoms with Crippen molar-refractivity contribution in [1.82, 2.24) is 5.32 Å². The maximum atomic E-state index is 11.5. The molecule has 1 N–H and O–H groups in total. The second kappa shape index (κ2) is 5.12. The van der Waals surface area contributed by atoms with E-state index in [0.29, 0.717) is 0 Å².